The van der Waals surface area contributed by atoms with Crippen molar-refractivity contribution in [2.45, 2.75) is 33.1 Å². The van der Waals surface area contributed by atoms with Gasteiger partial charge in [0.1, 0.15) is 0 Å². The standard InChI is InChI=1S/C19H22N2O2/c1-13-7-5-6-8-16(13)21-18(23)17(22)20-15-11-9-14(10-12-15)19(2,3)4/h5-12H,1-4H3,(H,20,22)(H,21,23). The summed E-state index contributed by atoms with van der Waals surface area (Å²) in [5.74, 6) is -1.36. The highest BCUT2D eigenvalue weighted by Gasteiger charge is 2.16. The van der Waals surface area contributed by atoms with E-state index in [0.29, 0.717) is 11.4 Å². The number of nitrogens with one attached hydrogen (secondary N) is 2. The zero-order valence-electron chi connectivity index (χ0n) is 13.9. The topological polar surface area (TPSA) is 58.2 Å². The van der Waals surface area contributed by atoms with Gasteiger partial charge in [-0.1, -0.05) is 51.1 Å². The van der Waals surface area contributed by atoms with E-state index in [1.54, 1.807) is 18.2 Å². The first-order chi connectivity index (χ1) is 10.8. The lowest BCUT2D eigenvalue weighted by atomic mass is 9.87. The van der Waals surface area contributed by atoms with E-state index in [0.717, 1.165) is 5.56 Å². The van der Waals surface area contributed by atoms with Crippen LogP contribution in [-0.4, -0.2) is 11.8 Å². The number of aryl methyl sites for hydroxylation is 1. The van der Waals surface area contributed by atoms with E-state index in [2.05, 4.69) is 31.4 Å². The van der Waals surface area contributed by atoms with Gasteiger partial charge >= 0.3 is 11.8 Å². The quantitative estimate of drug-likeness (QED) is 0.827. The van der Waals surface area contributed by atoms with E-state index < -0.39 is 11.8 Å². The molecule has 0 unspecified atom stereocenters. The number of amides is 2. The molecule has 0 fully saturated rings. The molecule has 0 aliphatic carbocycles. The van der Waals surface area contributed by atoms with Crippen LogP contribution in [0.2, 0.25) is 0 Å². The molecule has 4 nitrogen and oxygen atoms in total. The summed E-state index contributed by atoms with van der Waals surface area (Å²) in [5, 5.41) is 5.22. The average Bonchev–Trinajstić information content (AvgIpc) is 2.49. The first kappa shape index (κ1) is 16.7. The third-order valence-electron chi connectivity index (χ3n) is 3.61. The minimum Gasteiger partial charge on any atom is -0.318 e. The zero-order chi connectivity index (χ0) is 17.0. The SMILES string of the molecule is Cc1ccccc1NC(=O)C(=O)Nc1ccc(C(C)(C)C)cc1. The lowest BCUT2D eigenvalue weighted by Crippen LogP contribution is -2.29. The first-order valence-corrected chi connectivity index (χ1v) is 7.56. The number of hydrogen-bond donors (Lipinski definition) is 2. The van der Waals surface area contributed by atoms with Gasteiger partial charge < -0.3 is 10.6 Å². The van der Waals surface area contributed by atoms with Crippen molar-refractivity contribution >= 4 is 23.2 Å². The van der Waals surface area contributed by atoms with Crippen LogP contribution in [0.3, 0.4) is 0 Å². The smallest absolute Gasteiger partial charge is 0.314 e. The molecule has 2 rings (SSSR count). The number of rotatable bonds is 2. The fourth-order valence-corrected chi connectivity index (χ4v) is 2.13. The zero-order valence-corrected chi connectivity index (χ0v) is 13.9. The first-order valence-electron chi connectivity index (χ1n) is 7.56. The summed E-state index contributed by atoms with van der Waals surface area (Å²) in [7, 11) is 0. The highest BCUT2D eigenvalue weighted by atomic mass is 16.2. The van der Waals surface area contributed by atoms with Crippen molar-refractivity contribution in [3.8, 4) is 0 Å². The molecule has 0 saturated carbocycles. The molecule has 2 N–H and O–H groups in total. The van der Waals surface area contributed by atoms with Gasteiger partial charge in [0.05, 0.1) is 0 Å². The van der Waals surface area contributed by atoms with Crippen molar-refractivity contribution in [2.75, 3.05) is 10.6 Å². The van der Waals surface area contributed by atoms with E-state index >= 15 is 0 Å². The fourth-order valence-electron chi connectivity index (χ4n) is 2.13. The molecule has 2 aromatic rings. The van der Waals surface area contributed by atoms with Gasteiger partial charge in [0.2, 0.25) is 0 Å². The second-order valence-corrected chi connectivity index (χ2v) is 6.55. The molecule has 2 amide bonds. The molecule has 0 aromatic heterocycles. The van der Waals surface area contributed by atoms with Gasteiger partial charge in [-0.05, 0) is 41.7 Å². The maximum absolute atomic E-state index is 12.0. The minimum absolute atomic E-state index is 0.0464. The summed E-state index contributed by atoms with van der Waals surface area (Å²) in [4.78, 5) is 24.0. The maximum atomic E-state index is 12.0. The molecule has 0 spiro atoms. The van der Waals surface area contributed by atoms with E-state index in [1.165, 1.54) is 5.56 Å². The van der Waals surface area contributed by atoms with Gasteiger partial charge in [0, 0.05) is 11.4 Å². The number of para-hydroxylation sites is 1. The van der Waals surface area contributed by atoms with Crippen molar-refractivity contribution in [1.82, 2.24) is 0 Å². The van der Waals surface area contributed by atoms with Crippen molar-refractivity contribution in [1.29, 1.82) is 0 Å². The Morgan fingerprint density at radius 1 is 0.826 bits per heavy atom. The van der Waals surface area contributed by atoms with Crippen molar-refractivity contribution < 1.29 is 9.59 Å². The molecule has 4 heteroatoms. The van der Waals surface area contributed by atoms with Crippen LogP contribution in [0, 0.1) is 6.92 Å². The van der Waals surface area contributed by atoms with E-state index in [9.17, 15) is 9.59 Å². The summed E-state index contributed by atoms with van der Waals surface area (Å²) in [6.07, 6.45) is 0. The molecule has 0 heterocycles. The minimum atomic E-state index is -0.684. The van der Waals surface area contributed by atoms with Crippen molar-refractivity contribution in [3.05, 3.63) is 59.7 Å². The Bertz CT molecular complexity index is 713. The molecule has 2 aromatic carbocycles. The van der Waals surface area contributed by atoms with Gasteiger partial charge in [-0.3, -0.25) is 9.59 Å². The van der Waals surface area contributed by atoms with Crippen molar-refractivity contribution in [2.24, 2.45) is 0 Å². The molecule has 0 aliphatic rings. The lowest BCUT2D eigenvalue weighted by Gasteiger charge is -2.19. The van der Waals surface area contributed by atoms with E-state index in [1.807, 2.05) is 37.3 Å². The highest BCUT2D eigenvalue weighted by Crippen LogP contribution is 2.23. The van der Waals surface area contributed by atoms with Crippen LogP contribution in [0.1, 0.15) is 31.9 Å². The highest BCUT2D eigenvalue weighted by molar-refractivity contribution is 6.43. The summed E-state index contributed by atoms with van der Waals surface area (Å²) in [5.41, 5.74) is 3.35. The predicted octanol–water partition coefficient (Wildman–Crippen LogP) is 3.87. The van der Waals surface area contributed by atoms with Gasteiger partial charge in [-0.15, -0.1) is 0 Å². The van der Waals surface area contributed by atoms with Gasteiger partial charge in [-0.2, -0.15) is 0 Å². The summed E-state index contributed by atoms with van der Waals surface area (Å²) in [6.45, 7) is 8.24. The third-order valence-corrected chi connectivity index (χ3v) is 3.61. The molecular formula is C19H22N2O2. The number of anilines is 2. The summed E-state index contributed by atoms with van der Waals surface area (Å²) < 4.78 is 0. The molecule has 0 saturated heterocycles. The van der Waals surface area contributed by atoms with Gasteiger partial charge in [0.15, 0.2) is 0 Å². The number of hydrogen-bond acceptors (Lipinski definition) is 2. The van der Waals surface area contributed by atoms with E-state index in [4.69, 9.17) is 0 Å². The molecule has 0 atom stereocenters. The second-order valence-electron chi connectivity index (χ2n) is 6.55. The normalized spacial score (nSPS) is 11.0. The van der Waals surface area contributed by atoms with Gasteiger partial charge in [-0.25, -0.2) is 0 Å². The Labute approximate surface area is 136 Å². The Morgan fingerprint density at radius 3 is 1.96 bits per heavy atom. The Morgan fingerprint density at radius 2 is 1.39 bits per heavy atom. The monoisotopic (exact) mass is 310 g/mol. The van der Waals surface area contributed by atoms with Crippen LogP contribution in [0.15, 0.2) is 48.5 Å². The van der Waals surface area contributed by atoms with Crippen LogP contribution >= 0.6 is 0 Å². The maximum Gasteiger partial charge on any atom is 0.314 e. The van der Waals surface area contributed by atoms with Crippen LogP contribution < -0.4 is 10.6 Å². The Hall–Kier alpha value is -2.62. The predicted molar refractivity (Wildman–Crippen MR) is 93.6 cm³/mol. The molecule has 23 heavy (non-hydrogen) atoms. The van der Waals surface area contributed by atoms with Crippen LogP contribution in [0.25, 0.3) is 0 Å². The average molecular weight is 310 g/mol. The Kier molecular flexibility index (Phi) is 4.84. The Balaban J connectivity index is 2.01. The number of benzene rings is 2. The largest absolute Gasteiger partial charge is 0.318 e. The lowest BCUT2D eigenvalue weighted by molar-refractivity contribution is -0.133. The molecular weight excluding hydrogens is 288 g/mol. The van der Waals surface area contributed by atoms with Gasteiger partial charge in [0.25, 0.3) is 0 Å². The van der Waals surface area contributed by atoms with E-state index in [-0.39, 0.29) is 5.41 Å². The molecule has 0 aliphatic heterocycles. The molecule has 0 bridgehead atoms. The number of carbonyl (C=O) groups is 2. The van der Waals surface area contributed by atoms with Crippen molar-refractivity contribution in [3.63, 3.8) is 0 Å². The molecule has 120 valence electrons. The van der Waals surface area contributed by atoms with Crippen LogP contribution in [-0.2, 0) is 15.0 Å². The third kappa shape index (κ3) is 4.42. The van der Waals surface area contributed by atoms with Crippen LogP contribution in [0.5, 0.6) is 0 Å². The fraction of sp³-hybridized carbons (Fsp3) is 0.263. The second kappa shape index (κ2) is 6.65. The summed E-state index contributed by atoms with van der Waals surface area (Å²) >= 11 is 0. The molecule has 0 radical (unpaired) electrons. The summed E-state index contributed by atoms with van der Waals surface area (Å²) in [6, 6.07) is 14.8. The van der Waals surface area contributed by atoms with Crippen LogP contribution in [0.4, 0.5) is 11.4 Å². The number of carbonyl (C=O) groups excluding carboxylic acids is 2.